The molecule has 0 aliphatic rings. The number of non-ortho nitro benzene ring substituents is 1. The molecule has 0 unspecified atom stereocenters. The molecule has 0 aromatic heterocycles. The molecule has 0 saturated heterocycles. The van der Waals surface area contributed by atoms with Gasteiger partial charge in [0, 0.05) is 18.2 Å². The zero-order valence-corrected chi connectivity index (χ0v) is 13.5. The molecule has 0 aliphatic heterocycles. The molecule has 0 atom stereocenters. The number of carbonyl (C=O) groups is 2. The van der Waals surface area contributed by atoms with Crippen molar-refractivity contribution in [3.05, 3.63) is 75.6 Å². The summed E-state index contributed by atoms with van der Waals surface area (Å²) in [5, 5.41) is 14.9. The number of nitrogens with zero attached hydrogens (tertiary/aromatic N) is 1. The minimum Gasteiger partial charge on any atom is -0.343 e. The molecule has 0 spiro atoms. The molecule has 7 nitrogen and oxygen atoms in total. The number of benzene rings is 2. The van der Waals surface area contributed by atoms with Crippen LogP contribution in [0.25, 0.3) is 6.08 Å². The van der Waals surface area contributed by atoms with Crippen molar-refractivity contribution < 1.29 is 27.7 Å². The normalized spacial score (nSPS) is 10.6. The molecule has 2 aromatic carbocycles. The largest absolute Gasteiger partial charge is 0.343 e. The number of carbonyl (C=O) groups excluding carboxylic acids is 2. The molecular weight excluding hydrogens is 367 g/mol. The molecule has 0 saturated carbocycles. The maximum atomic E-state index is 13.4. The van der Waals surface area contributed by atoms with Crippen molar-refractivity contribution in [3.8, 4) is 0 Å². The first-order valence-electron chi connectivity index (χ1n) is 7.41. The predicted octanol–water partition coefficient (Wildman–Crippen LogP) is 2.78. The molecule has 2 aromatic rings. The predicted molar refractivity (Wildman–Crippen MR) is 90.1 cm³/mol. The monoisotopic (exact) mass is 379 g/mol. The summed E-state index contributed by atoms with van der Waals surface area (Å²) in [6, 6.07) is 7.01. The van der Waals surface area contributed by atoms with E-state index in [0.29, 0.717) is 11.6 Å². The maximum absolute atomic E-state index is 13.4. The number of rotatable bonds is 6. The van der Waals surface area contributed by atoms with Gasteiger partial charge >= 0.3 is 0 Å². The summed E-state index contributed by atoms with van der Waals surface area (Å²) < 4.78 is 39.3. The van der Waals surface area contributed by atoms with E-state index < -0.39 is 46.4 Å². The molecule has 27 heavy (non-hydrogen) atoms. The van der Waals surface area contributed by atoms with Gasteiger partial charge in [-0.3, -0.25) is 19.7 Å². The van der Waals surface area contributed by atoms with E-state index in [1.165, 1.54) is 30.3 Å². The van der Waals surface area contributed by atoms with E-state index >= 15 is 0 Å². The smallest absolute Gasteiger partial charge is 0.270 e. The van der Waals surface area contributed by atoms with Crippen molar-refractivity contribution >= 4 is 29.3 Å². The first-order chi connectivity index (χ1) is 12.8. The molecule has 2 N–H and O–H groups in total. The summed E-state index contributed by atoms with van der Waals surface area (Å²) in [6.45, 7) is -0.559. The van der Waals surface area contributed by atoms with Gasteiger partial charge in [0.2, 0.25) is 11.8 Å². The zero-order valence-electron chi connectivity index (χ0n) is 13.5. The molecule has 2 amide bonds. The number of hydrogen-bond donors (Lipinski definition) is 2. The van der Waals surface area contributed by atoms with E-state index in [4.69, 9.17) is 0 Å². The summed E-state index contributed by atoms with van der Waals surface area (Å²) >= 11 is 0. The van der Waals surface area contributed by atoms with Crippen molar-refractivity contribution in [2.45, 2.75) is 0 Å². The van der Waals surface area contributed by atoms with E-state index in [1.807, 2.05) is 5.32 Å². The topological polar surface area (TPSA) is 101 Å². The lowest BCUT2D eigenvalue weighted by Crippen LogP contribution is -2.32. The fourth-order valence-corrected chi connectivity index (χ4v) is 1.96. The SMILES string of the molecule is O=C(/C=C/c1cccc([N+](=O)[O-])c1)NCC(=O)Nc1ccc(F)c(F)c1F. The second-order valence-electron chi connectivity index (χ2n) is 5.17. The minimum absolute atomic E-state index is 0.148. The van der Waals surface area contributed by atoms with Crippen LogP contribution in [0.4, 0.5) is 24.5 Å². The fraction of sp³-hybridized carbons (Fsp3) is 0.0588. The Hall–Kier alpha value is -3.69. The first-order valence-corrected chi connectivity index (χ1v) is 7.41. The van der Waals surface area contributed by atoms with Crippen molar-refractivity contribution in [2.24, 2.45) is 0 Å². The summed E-state index contributed by atoms with van der Waals surface area (Å²) in [5.41, 5.74) is -0.321. The van der Waals surface area contributed by atoms with Crippen molar-refractivity contribution in [3.63, 3.8) is 0 Å². The standard InChI is InChI=1S/C17H12F3N3O4/c18-12-5-6-13(17(20)16(12)19)22-15(25)9-21-14(24)7-4-10-2-1-3-11(8-10)23(26)27/h1-8H,9H2,(H,21,24)(H,22,25)/b7-4+. The third-order valence-electron chi connectivity index (χ3n) is 3.24. The molecule has 10 heteroatoms. The lowest BCUT2D eigenvalue weighted by molar-refractivity contribution is -0.384. The van der Waals surface area contributed by atoms with Gasteiger partial charge < -0.3 is 10.6 Å². The number of nitro groups is 1. The fourth-order valence-electron chi connectivity index (χ4n) is 1.96. The Balaban J connectivity index is 1.90. The van der Waals surface area contributed by atoms with Gasteiger partial charge in [0.05, 0.1) is 17.2 Å². The number of anilines is 1. The summed E-state index contributed by atoms with van der Waals surface area (Å²) in [4.78, 5) is 33.4. The van der Waals surface area contributed by atoms with Crippen LogP contribution in [0.5, 0.6) is 0 Å². The highest BCUT2D eigenvalue weighted by atomic mass is 19.2. The molecule has 0 heterocycles. The van der Waals surface area contributed by atoms with Crippen LogP contribution in [0.3, 0.4) is 0 Å². The van der Waals surface area contributed by atoms with Crippen LogP contribution >= 0.6 is 0 Å². The van der Waals surface area contributed by atoms with Crippen LogP contribution < -0.4 is 10.6 Å². The molecule has 2 rings (SSSR count). The van der Waals surface area contributed by atoms with Gasteiger partial charge in [-0.25, -0.2) is 13.2 Å². The Bertz CT molecular complexity index is 932. The number of hydrogen-bond acceptors (Lipinski definition) is 4. The number of amides is 2. The van der Waals surface area contributed by atoms with Gasteiger partial charge in [-0.05, 0) is 23.8 Å². The van der Waals surface area contributed by atoms with E-state index in [0.717, 1.165) is 12.1 Å². The van der Waals surface area contributed by atoms with Crippen molar-refractivity contribution in [1.29, 1.82) is 0 Å². The molecular formula is C17H12F3N3O4. The lowest BCUT2D eigenvalue weighted by Gasteiger charge is -2.07. The Morgan fingerprint density at radius 1 is 1.11 bits per heavy atom. The molecule has 0 aliphatic carbocycles. The van der Waals surface area contributed by atoms with Crippen molar-refractivity contribution in [1.82, 2.24) is 5.32 Å². The van der Waals surface area contributed by atoms with Gasteiger partial charge in [-0.1, -0.05) is 12.1 Å². The average molecular weight is 379 g/mol. The molecule has 0 bridgehead atoms. The third-order valence-corrected chi connectivity index (χ3v) is 3.24. The van der Waals surface area contributed by atoms with E-state index in [2.05, 4.69) is 5.32 Å². The highest BCUT2D eigenvalue weighted by Crippen LogP contribution is 2.19. The third kappa shape index (κ3) is 5.39. The van der Waals surface area contributed by atoms with Crippen molar-refractivity contribution in [2.75, 3.05) is 11.9 Å². The van der Waals surface area contributed by atoms with Gasteiger partial charge in [0.15, 0.2) is 17.5 Å². The first kappa shape index (κ1) is 19.6. The molecule has 0 fully saturated rings. The van der Waals surface area contributed by atoms with Crippen LogP contribution in [0, 0.1) is 27.6 Å². The van der Waals surface area contributed by atoms with E-state index in [1.54, 1.807) is 0 Å². The van der Waals surface area contributed by atoms with E-state index in [-0.39, 0.29) is 5.69 Å². The Labute approximate surface area is 150 Å². The van der Waals surface area contributed by atoms with Crippen LogP contribution in [0.1, 0.15) is 5.56 Å². The zero-order chi connectivity index (χ0) is 20.0. The molecule has 0 radical (unpaired) electrons. The van der Waals surface area contributed by atoms with Crippen LogP contribution in [-0.4, -0.2) is 23.3 Å². The van der Waals surface area contributed by atoms with Crippen LogP contribution in [0.2, 0.25) is 0 Å². The quantitative estimate of drug-likeness (QED) is 0.349. The highest BCUT2D eigenvalue weighted by molar-refractivity contribution is 5.98. The van der Waals surface area contributed by atoms with Gasteiger partial charge in [-0.2, -0.15) is 0 Å². The van der Waals surface area contributed by atoms with Gasteiger partial charge in [0.1, 0.15) is 0 Å². The van der Waals surface area contributed by atoms with Gasteiger partial charge in [0.25, 0.3) is 5.69 Å². The summed E-state index contributed by atoms with van der Waals surface area (Å²) in [7, 11) is 0. The lowest BCUT2D eigenvalue weighted by atomic mass is 10.2. The summed E-state index contributed by atoms with van der Waals surface area (Å²) in [5.74, 6) is -6.23. The Morgan fingerprint density at radius 3 is 2.56 bits per heavy atom. The minimum atomic E-state index is -1.73. The van der Waals surface area contributed by atoms with Gasteiger partial charge in [-0.15, -0.1) is 0 Å². The number of halogens is 3. The van der Waals surface area contributed by atoms with E-state index in [9.17, 15) is 32.9 Å². The Morgan fingerprint density at radius 2 is 1.85 bits per heavy atom. The number of nitro benzene ring substituents is 1. The highest BCUT2D eigenvalue weighted by Gasteiger charge is 2.15. The summed E-state index contributed by atoms with van der Waals surface area (Å²) in [6.07, 6.45) is 2.35. The van der Waals surface area contributed by atoms with Crippen LogP contribution in [-0.2, 0) is 9.59 Å². The second kappa shape index (κ2) is 8.61. The van der Waals surface area contributed by atoms with Crippen LogP contribution in [0.15, 0.2) is 42.5 Å². The number of nitrogens with one attached hydrogen (secondary N) is 2. The second-order valence-corrected chi connectivity index (χ2v) is 5.17. The molecule has 140 valence electrons. The Kier molecular flexibility index (Phi) is 6.26. The maximum Gasteiger partial charge on any atom is 0.270 e. The average Bonchev–Trinajstić information content (AvgIpc) is 2.65.